The highest BCUT2D eigenvalue weighted by Crippen LogP contribution is 2.29. The highest BCUT2D eigenvalue weighted by molar-refractivity contribution is 5.88. The first-order valence-electron chi connectivity index (χ1n) is 6.61. The summed E-state index contributed by atoms with van der Waals surface area (Å²) in [4.78, 5) is 4.30. The van der Waals surface area contributed by atoms with E-state index in [4.69, 9.17) is 10.5 Å². The normalized spacial score (nSPS) is 12.3. The van der Waals surface area contributed by atoms with Gasteiger partial charge in [-0.2, -0.15) is 0 Å². The molecule has 20 heavy (non-hydrogen) atoms. The Hall–Kier alpha value is -2.39. The lowest BCUT2D eigenvalue weighted by atomic mass is 10.1. The zero-order chi connectivity index (χ0) is 13.9. The Morgan fingerprint density at radius 1 is 1.00 bits per heavy atom. The third-order valence-corrected chi connectivity index (χ3v) is 3.25. The highest BCUT2D eigenvalue weighted by Gasteiger charge is 2.05. The molecule has 0 saturated heterocycles. The molecule has 0 aliphatic rings. The lowest BCUT2D eigenvalue weighted by Gasteiger charge is -2.09. The van der Waals surface area contributed by atoms with E-state index < -0.39 is 0 Å². The predicted octanol–water partition coefficient (Wildman–Crippen LogP) is 4.05. The summed E-state index contributed by atoms with van der Waals surface area (Å²) in [7, 11) is 0. The smallest absolute Gasteiger partial charge is 0.219 e. The van der Waals surface area contributed by atoms with Crippen molar-refractivity contribution in [2.45, 2.75) is 13.0 Å². The Bertz CT molecular complexity index is 715. The summed E-state index contributed by atoms with van der Waals surface area (Å²) in [6.07, 6.45) is 1.76. The van der Waals surface area contributed by atoms with Crippen LogP contribution in [0.2, 0.25) is 0 Å². The number of benzene rings is 2. The molecule has 3 rings (SSSR count). The standard InChI is InChI=1S/C17H16N2O/c1-12(18)14-9-10-17(19-11-14)20-16-8-4-6-13-5-2-3-7-15(13)16/h2-12H,18H2,1H3/t12-/m0/s1. The number of pyridine rings is 1. The summed E-state index contributed by atoms with van der Waals surface area (Å²) in [6.45, 7) is 1.93. The zero-order valence-electron chi connectivity index (χ0n) is 11.3. The van der Waals surface area contributed by atoms with Crippen LogP contribution in [0.4, 0.5) is 0 Å². The molecule has 0 spiro atoms. The Balaban J connectivity index is 1.93. The number of rotatable bonds is 3. The van der Waals surface area contributed by atoms with Crippen LogP contribution in [0.1, 0.15) is 18.5 Å². The minimum absolute atomic E-state index is 0.0193. The van der Waals surface area contributed by atoms with Gasteiger partial charge >= 0.3 is 0 Å². The third kappa shape index (κ3) is 2.49. The summed E-state index contributed by atoms with van der Waals surface area (Å²) in [6, 6.07) is 17.9. The Labute approximate surface area is 118 Å². The van der Waals surface area contributed by atoms with Crippen LogP contribution in [0.25, 0.3) is 10.8 Å². The Morgan fingerprint density at radius 2 is 1.80 bits per heavy atom. The van der Waals surface area contributed by atoms with Crippen molar-refractivity contribution in [1.29, 1.82) is 0 Å². The van der Waals surface area contributed by atoms with Gasteiger partial charge in [0.25, 0.3) is 0 Å². The molecule has 2 N–H and O–H groups in total. The number of nitrogens with two attached hydrogens (primary N) is 1. The molecular weight excluding hydrogens is 248 g/mol. The monoisotopic (exact) mass is 264 g/mol. The molecule has 3 heteroatoms. The minimum atomic E-state index is -0.0193. The lowest BCUT2D eigenvalue weighted by molar-refractivity contribution is 0.467. The van der Waals surface area contributed by atoms with Crippen molar-refractivity contribution in [2.24, 2.45) is 5.73 Å². The average molecular weight is 264 g/mol. The number of fused-ring (bicyclic) bond motifs is 1. The van der Waals surface area contributed by atoms with Gasteiger partial charge in [-0.15, -0.1) is 0 Å². The summed E-state index contributed by atoms with van der Waals surface area (Å²) < 4.78 is 5.87. The molecule has 0 bridgehead atoms. The molecule has 3 aromatic rings. The molecule has 2 aromatic carbocycles. The number of aromatic nitrogens is 1. The quantitative estimate of drug-likeness (QED) is 0.776. The van der Waals surface area contributed by atoms with E-state index in [0.29, 0.717) is 5.88 Å². The predicted molar refractivity (Wildman–Crippen MR) is 80.9 cm³/mol. The van der Waals surface area contributed by atoms with Crippen LogP contribution in [0.5, 0.6) is 11.6 Å². The van der Waals surface area contributed by atoms with E-state index in [0.717, 1.165) is 22.1 Å². The van der Waals surface area contributed by atoms with Crippen molar-refractivity contribution in [3.8, 4) is 11.6 Å². The van der Waals surface area contributed by atoms with Crippen molar-refractivity contribution >= 4 is 10.8 Å². The van der Waals surface area contributed by atoms with Gasteiger partial charge in [0.05, 0.1) is 0 Å². The SMILES string of the molecule is C[C@H](N)c1ccc(Oc2cccc3ccccc23)nc1. The van der Waals surface area contributed by atoms with Gasteiger partial charge in [-0.25, -0.2) is 4.98 Å². The topological polar surface area (TPSA) is 48.1 Å². The second kappa shape index (κ2) is 5.31. The first-order valence-corrected chi connectivity index (χ1v) is 6.61. The summed E-state index contributed by atoms with van der Waals surface area (Å²) in [5, 5.41) is 2.23. The van der Waals surface area contributed by atoms with Gasteiger partial charge in [0, 0.05) is 23.7 Å². The summed E-state index contributed by atoms with van der Waals surface area (Å²) >= 11 is 0. The van der Waals surface area contributed by atoms with Gasteiger partial charge in [0.1, 0.15) is 5.75 Å². The van der Waals surface area contributed by atoms with E-state index in [2.05, 4.69) is 17.1 Å². The molecular formula is C17H16N2O. The molecule has 0 amide bonds. The van der Waals surface area contributed by atoms with Crippen molar-refractivity contribution in [3.05, 3.63) is 66.4 Å². The first-order chi connectivity index (χ1) is 9.74. The highest BCUT2D eigenvalue weighted by atomic mass is 16.5. The van der Waals surface area contributed by atoms with Gasteiger partial charge < -0.3 is 10.5 Å². The van der Waals surface area contributed by atoms with Gasteiger partial charge in [-0.05, 0) is 23.9 Å². The maximum absolute atomic E-state index is 5.87. The van der Waals surface area contributed by atoms with Crippen molar-refractivity contribution in [3.63, 3.8) is 0 Å². The fraction of sp³-hybridized carbons (Fsp3) is 0.118. The molecule has 0 aliphatic carbocycles. The van der Waals surface area contributed by atoms with E-state index >= 15 is 0 Å². The molecule has 0 unspecified atom stereocenters. The van der Waals surface area contributed by atoms with Crippen LogP contribution < -0.4 is 10.5 Å². The van der Waals surface area contributed by atoms with E-state index in [1.54, 1.807) is 6.20 Å². The van der Waals surface area contributed by atoms with Gasteiger partial charge in [-0.3, -0.25) is 0 Å². The Morgan fingerprint density at radius 3 is 2.55 bits per heavy atom. The van der Waals surface area contributed by atoms with Crippen LogP contribution >= 0.6 is 0 Å². The molecule has 1 aromatic heterocycles. The van der Waals surface area contributed by atoms with Gasteiger partial charge in [-0.1, -0.05) is 42.5 Å². The number of hydrogen-bond acceptors (Lipinski definition) is 3. The molecule has 0 aliphatic heterocycles. The van der Waals surface area contributed by atoms with Crippen LogP contribution in [0, 0.1) is 0 Å². The van der Waals surface area contributed by atoms with Crippen molar-refractivity contribution < 1.29 is 4.74 Å². The maximum Gasteiger partial charge on any atom is 0.219 e. The largest absolute Gasteiger partial charge is 0.438 e. The molecule has 0 fully saturated rings. The number of nitrogens with zero attached hydrogens (tertiary/aromatic N) is 1. The number of hydrogen-bond donors (Lipinski definition) is 1. The van der Waals surface area contributed by atoms with Crippen molar-refractivity contribution in [1.82, 2.24) is 4.98 Å². The zero-order valence-corrected chi connectivity index (χ0v) is 11.3. The second-order valence-electron chi connectivity index (χ2n) is 4.80. The lowest BCUT2D eigenvalue weighted by Crippen LogP contribution is -2.05. The third-order valence-electron chi connectivity index (χ3n) is 3.25. The fourth-order valence-electron chi connectivity index (χ4n) is 2.12. The molecule has 1 heterocycles. The molecule has 0 saturated carbocycles. The molecule has 0 radical (unpaired) electrons. The second-order valence-corrected chi connectivity index (χ2v) is 4.80. The van der Waals surface area contributed by atoms with Crippen LogP contribution in [-0.2, 0) is 0 Å². The summed E-state index contributed by atoms with van der Waals surface area (Å²) in [5.41, 5.74) is 6.81. The minimum Gasteiger partial charge on any atom is -0.438 e. The molecule has 1 atom stereocenters. The van der Waals surface area contributed by atoms with E-state index in [1.807, 2.05) is 49.4 Å². The number of ether oxygens (including phenoxy) is 1. The van der Waals surface area contributed by atoms with E-state index in [9.17, 15) is 0 Å². The average Bonchev–Trinajstić information content (AvgIpc) is 2.48. The van der Waals surface area contributed by atoms with Crippen LogP contribution in [0.3, 0.4) is 0 Å². The molecule has 3 nitrogen and oxygen atoms in total. The first kappa shape index (κ1) is 12.6. The van der Waals surface area contributed by atoms with Gasteiger partial charge in [0.15, 0.2) is 0 Å². The summed E-state index contributed by atoms with van der Waals surface area (Å²) in [5.74, 6) is 1.38. The maximum atomic E-state index is 5.87. The van der Waals surface area contributed by atoms with E-state index in [1.165, 1.54) is 0 Å². The Kier molecular flexibility index (Phi) is 3.35. The molecule has 100 valence electrons. The van der Waals surface area contributed by atoms with Crippen molar-refractivity contribution in [2.75, 3.05) is 0 Å². The van der Waals surface area contributed by atoms with Crippen LogP contribution in [0.15, 0.2) is 60.8 Å². The van der Waals surface area contributed by atoms with E-state index in [-0.39, 0.29) is 6.04 Å². The van der Waals surface area contributed by atoms with Crippen LogP contribution in [-0.4, -0.2) is 4.98 Å². The fourth-order valence-corrected chi connectivity index (χ4v) is 2.12. The van der Waals surface area contributed by atoms with Gasteiger partial charge in [0.2, 0.25) is 5.88 Å².